The number of rotatable bonds is 6. The van der Waals surface area contributed by atoms with E-state index < -0.39 is 5.60 Å². The van der Waals surface area contributed by atoms with Gasteiger partial charge in [-0.2, -0.15) is 0 Å². The number of methoxy groups -OCH3 is 2. The van der Waals surface area contributed by atoms with Crippen molar-refractivity contribution in [1.82, 2.24) is 5.32 Å². The molecular weight excluding hydrogens is 274 g/mol. The SMILES string of the molecule is COc1cc(CNCC2(O)CCOC2C)cc(OC)c1O. The van der Waals surface area contributed by atoms with Gasteiger partial charge >= 0.3 is 0 Å². The lowest BCUT2D eigenvalue weighted by Gasteiger charge is -2.26. The molecule has 2 atom stereocenters. The lowest BCUT2D eigenvalue weighted by atomic mass is 9.96. The van der Waals surface area contributed by atoms with Gasteiger partial charge in [0.25, 0.3) is 0 Å². The van der Waals surface area contributed by atoms with E-state index in [1.165, 1.54) is 14.2 Å². The van der Waals surface area contributed by atoms with E-state index in [4.69, 9.17) is 14.2 Å². The van der Waals surface area contributed by atoms with Crippen molar-refractivity contribution in [1.29, 1.82) is 0 Å². The van der Waals surface area contributed by atoms with E-state index in [9.17, 15) is 10.2 Å². The molecule has 6 heteroatoms. The second-order valence-electron chi connectivity index (χ2n) is 5.32. The number of benzene rings is 1. The third-order valence-electron chi connectivity index (χ3n) is 3.96. The predicted octanol–water partition coefficient (Wildman–Crippen LogP) is 1.04. The van der Waals surface area contributed by atoms with E-state index in [2.05, 4.69) is 5.32 Å². The fourth-order valence-electron chi connectivity index (χ4n) is 2.48. The maximum Gasteiger partial charge on any atom is 0.200 e. The molecule has 21 heavy (non-hydrogen) atoms. The molecule has 0 amide bonds. The molecule has 1 aliphatic rings. The van der Waals surface area contributed by atoms with Gasteiger partial charge in [0.05, 0.1) is 20.3 Å². The molecule has 1 heterocycles. The van der Waals surface area contributed by atoms with E-state index in [0.29, 0.717) is 37.6 Å². The first-order valence-corrected chi connectivity index (χ1v) is 6.98. The van der Waals surface area contributed by atoms with E-state index in [0.717, 1.165) is 5.56 Å². The molecule has 0 aliphatic carbocycles. The van der Waals surface area contributed by atoms with Gasteiger partial charge in [-0.3, -0.25) is 0 Å². The lowest BCUT2D eigenvalue weighted by molar-refractivity contribution is -0.0263. The average Bonchev–Trinajstić information content (AvgIpc) is 2.80. The highest BCUT2D eigenvalue weighted by molar-refractivity contribution is 5.52. The first kappa shape index (κ1) is 15.9. The van der Waals surface area contributed by atoms with E-state index in [1.54, 1.807) is 12.1 Å². The summed E-state index contributed by atoms with van der Waals surface area (Å²) in [6.45, 7) is 3.43. The molecule has 0 radical (unpaired) electrons. The zero-order valence-electron chi connectivity index (χ0n) is 12.7. The van der Waals surface area contributed by atoms with Crippen LogP contribution in [0.4, 0.5) is 0 Å². The summed E-state index contributed by atoms with van der Waals surface area (Å²) in [7, 11) is 2.98. The minimum atomic E-state index is -0.828. The monoisotopic (exact) mass is 297 g/mol. The highest BCUT2D eigenvalue weighted by Gasteiger charge is 2.38. The van der Waals surface area contributed by atoms with Crippen LogP contribution in [-0.4, -0.2) is 49.3 Å². The van der Waals surface area contributed by atoms with Crippen LogP contribution in [0.2, 0.25) is 0 Å². The molecule has 1 aromatic carbocycles. The maximum atomic E-state index is 10.4. The van der Waals surface area contributed by atoms with Gasteiger partial charge in [0.2, 0.25) is 5.75 Å². The summed E-state index contributed by atoms with van der Waals surface area (Å²) in [6, 6.07) is 3.48. The quantitative estimate of drug-likeness (QED) is 0.728. The van der Waals surface area contributed by atoms with Gasteiger partial charge in [0.15, 0.2) is 11.5 Å². The van der Waals surface area contributed by atoms with Gasteiger partial charge in [-0.25, -0.2) is 0 Å². The molecule has 1 saturated heterocycles. The molecule has 0 bridgehead atoms. The van der Waals surface area contributed by atoms with E-state index >= 15 is 0 Å². The minimum Gasteiger partial charge on any atom is -0.502 e. The summed E-state index contributed by atoms with van der Waals surface area (Å²) >= 11 is 0. The van der Waals surface area contributed by atoms with Crippen molar-refractivity contribution in [2.45, 2.75) is 31.6 Å². The molecule has 0 spiro atoms. The summed E-state index contributed by atoms with van der Waals surface area (Å²) < 4.78 is 15.6. The average molecular weight is 297 g/mol. The molecule has 6 nitrogen and oxygen atoms in total. The highest BCUT2D eigenvalue weighted by Crippen LogP contribution is 2.37. The third-order valence-corrected chi connectivity index (χ3v) is 3.96. The molecule has 0 saturated carbocycles. The topological polar surface area (TPSA) is 80.2 Å². The molecule has 1 aromatic rings. The fraction of sp³-hybridized carbons (Fsp3) is 0.600. The Morgan fingerprint density at radius 3 is 2.43 bits per heavy atom. The number of nitrogens with one attached hydrogen (secondary N) is 1. The zero-order chi connectivity index (χ0) is 15.5. The van der Waals surface area contributed by atoms with Crippen LogP contribution >= 0.6 is 0 Å². The van der Waals surface area contributed by atoms with Crippen LogP contribution in [0.15, 0.2) is 12.1 Å². The van der Waals surface area contributed by atoms with Gasteiger partial charge in [-0.1, -0.05) is 0 Å². The summed E-state index contributed by atoms with van der Waals surface area (Å²) in [6.07, 6.45) is 0.456. The smallest absolute Gasteiger partial charge is 0.200 e. The highest BCUT2D eigenvalue weighted by atomic mass is 16.5. The molecule has 1 fully saturated rings. The predicted molar refractivity (Wildman–Crippen MR) is 77.9 cm³/mol. The van der Waals surface area contributed by atoms with Crippen molar-refractivity contribution >= 4 is 0 Å². The Hall–Kier alpha value is -1.50. The number of phenolic OH excluding ortho intramolecular Hbond substituents is 1. The second-order valence-corrected chi connectivity index (χ2v) is 5.32. The Morgan fingerprint density at radius 2 is 1.95 bits per heavy atom. The van der Waals surface area contributed by atoms with Crippen LogP contribution in [0.1, 0.15) is 18.9 Å². The summed E-state index contributed by atoms with van der Waals surface area (Å²) in [4.78, 5) is 0. The molecule has 118 valence electrons. The van der Waals surface area contributed by atoms with Crippen LogP contribution in [0, 0.1) is 0 Å². The van der Waals surface area contributed by atoms with Crippen molar-refractivity contribution in [2.24, 2.45) is 0 Å². The summed E-state index contributed by atoms with van der Waals surface area (Å²) in [5, 5.41) is 23.5. The number of hydrogen-bond acceptors (Lipinski definition) is 6. The number of phenols is 1. The molecule has 3 N–H and O–H groups in total. The van der Waals surface area contributed by atoms with Crippen LogP contribution in [0.25, 0.3) is 0 Å². The van der Waals surface area contributed by atoms with Crippen molar-refractivity contribution < 1.29 is 24.4 Å². The number of aliphatic hydroxyl groups is 1. The molecule has 2 unspecified atom stereocenters. The minimum absolute atomic E-state index is 0.0137. The normalized spacial score (nSPS) is 25.0. The largest absolute Gasteiger partial charge is 0.502 e. The molecular formula is C15H23NO5. The molecule has 0 aromatic heterocycles. The lowest BCUT2D eigenvalue weighted by Crippen LogP contribution is -2.45. The van der Waals surface area contributed by atoms with E-state index in [1.807, 2.05) is 6.92 Å². The summed E-state index contributed by atoms with van der Waals surface area (Å²) in [5.74, 6) is 0.713. The molecule has 1 aliphatic heterocycles. The Labute approximate surface area is 124 Å². The molecule has 2 rings (SSSR count). The van der Waals surface area contributed by atoms with Crippen molar-refractivity contribution in [3.05, 3.63) is 17.7 Å². The van der Waals surface area contributed by atoms with Gasteiger partial charge in [0.1, 0.15) is 5.60 Å². The Balaban J connectivity index is 2.00. The third kappa shape index (κ3) is 3.40. The van der Waals surface area contributed by atoms with Crippen LogP contribution < -0.4 is 14.8 Å². The number of ether oxygens (including phenoxy) is 3. The van der Waals surface area contributed by atoms with E-state index in [-0.39, 0.29) is 11.9 Å². The maximum absolute atomic E-state index is 10.4. The Bertz CT molecular complexity index is 468. The van der Waals surface area contributed by atoms with Gasteiger partial charge in [-0.15, -0.1) is 0 Å². The first-order chi connectivity index (χ1) is 10.00. The Kier molecular flexibility index (Phi) is 4.92. The van der Waals surface area contributed by atoms with Crippen LogP contribution in [-0.2, 0) is 11.3 Å². The Morgan fingerprint density at radius 1 is 1.33 bits per heavy atom. The van der Waals surface area contributed by atoms with Gasteiger partial charge in [0, 0.05) is 26.1 Å². The van der Waals surface area contributed by atoms with Gasteiger partial charge < -0.3 is 29.7 Å². The standard InChI is InChI=1S/C15H23NO5/c1-10-15(18,4-5-21-10)9-16-8-11-6-12(19-2)14(17)13(7-11)20-3/h6-7,10,16-18H,4-5,8-9H2,1-3H3. The van der Waals surface area contributed by atoms with Gasteiger partial charge in [-0.05, 0) is 24.6 Å². The number of hydrogen-bond donors (Lipinski definition) is 3. The van der Waals surface area contributed by atoms with Crippen molar-refractivity contribution in [3.8, 4) is 17.2 Å². The first-order valence-electron chi connectivity index (χ1n) is 6.98. The summed E-state index contributed by atoms with van der Waals surface area (Å²) in [5.41, 5.74) is 0.0714. The van der Waals surface area contributed by atoms with Crippen LogP contribution in [0.3, 0.4) is 0 Å². The van der Waals surface area contributed by atoms with Crippen LogP contribution in [0.5, 0.6) is 17.2 Å². The van der Waals surface area contributed by atoms with Crippen molar-refractivity contribution in [2.75, 3.05) is 27.4 Å². The number of aromatic hydroxyl groups is 1. The zero-order valence-corrected chi connectivity index (χ0v) is 12.7. The fourth-order valence-corrected chi connectivity index (χ4v) is 2.48. The van der Waals surface area contributed by atoms with Crippen molar-refractivity contribution in [3.63, 3.8) is 0 Å². The second kappa shape index (κ2) is 6.51.